The monoisotopic (exact) mass is 236 g/mol. The second-order valence-electron chi connectivity index (χ2n) is 4.04. The lowest BCUT2D eigenvalue weighted by Crippen LogP contribution is -2.45. The Balaban J connectivity index is 2.68. The highest BCUT2D eigenvalue weighted by Crippen LogP contribution is 2.22. The Morgan fingerprint density at radius 3 is 2.47 bits per heavy atom. The van der Waals surface area contributed by atoms with E-state index in [0.717, 1.165) is 16.9 Å². The number of rotatable bonds is 6. The molecule has 0 heterocycles. The standard InChI is InChI=1S/C13H20N2O2/c1-4-15-11(13(14)16)8-17-12-9(2)6-5-7-10(12)3/h5-7,11,15H,4,8H2,1-3H3,(H2,14,16). The average Bonchev–Trinajstić information content (AvgIpc) is 2.26. The second kappa shape index (κ2) is 6.25. The summed E-state index contributed by atoms with van der Waals surface area (Å²) in [5.74, 6) is 0.440. The van der Waals surface area contributed by atoms with Crippen molar-refractivity contribution >= 4 is 5.91 Å². The highest BCUT2D eigenvalue weighted by Gasteiger charge is 2.15. The van der Waals surface area contributed by atoms with Crippen molar-refractivity contribution in [3.8, 4) is 5.75 Å². The zero-order valence-electron chi connectivity index (χ0n) is 10.6. The molecule has 0 bridgehead atoms. The number of hydrogen-bond donors (Lipinski definition) is 2. The molecule has 1 atom stereocenters. The number of hydrogen-bond acceptors (Lipinski definition) is 3. The lowest BCUT2D eigenvalue weighted by Gasteiger charge is -2.17. The Morgan fingerprint density at radius 2 is 2.00 bits per heavy atom. The molecule has 0 aliphatic carbocycles. The highest BCUT2D eigenvalue weighted by atomic mass is 16.5. The fourth-order valence-electron chi connectivity index (χ4n) is 1.68. The quantitative estimate of drug-likeness (QED) is 0.778. The molecule has 0 radical (unpaired) electrons. The van der Waals surface area contributed by atoms with Crippen LogP contribution >= 0.6 is 0 Å². The summed E-state index contributed by atoms with van der Waals surface area (Å²) in [5.41, 5.74) is 7.40. The van der Waals surface area contributed by atoms with Gasteiger partial charge in [-0.3, -0.25) is 4.79 Å². The van der Waals surface area contributed by atoms with Gasteiger partial charge in [0.15, 0.2) is 0 Å². The molecule has 0 spiro atoms. The molecule has 4 nitrogen and oxygen atoms in total. The number of para-hydroxylation sites is 1. The van der Waals surface area contributed by atoms with Crippen LogP contribution in [-0.4, -0.2) is 25.1 Å². The van der Waals surface area contributed by atoms with E-state index in [0.29, 0.717) is 6.54 Å². The topological polar surface area (TPSA) is 64.3 Å². The van der Waals surface area contributed by atoms with E-state index in [-0.39, 0.29) is 6.61 Å². The van der Waals surface area contributed by atoms with Crippen molar-refractivity contribution in [1.29, 1.82) is 0 Å². The van der Waals surface area contributed by atoms with Crippen LogP contribution in [0.25, 0.3) is 0 Å². The predicted molar refractivity (Wildman–Crippen MR) is 68.1 cm³/mol. The Hall–Kier alpha value is -1.55. The summed E-state index contributed by atoms with van der Waals surface area (Å²) in [7, 11) is 0. The van der Waals surface area contributed by atoms with Gasteiger partial charge in [-0.2, -0.15) is 0 Å². The van der Waals surface area contributed by atoms with Crippen LogP contribution in [-0.2, 0) is 4.79 Å². The largest absolute Gasteiger partial charge is 0.491 e. The normalized spacial score (nSPS) is 12.2. The van der Waals surface area contributed by atoms with Gasteiger partial charge >= 0.3 is 0 Å². The van der Waals surface area contributed by atoms with Crippen molar-refractivity contribution in [2.45, 2.75) is 26.8 Å². The van der Waals surface area contributed by atoms with E-state index in [1.807, 2.05) is 39.0 Å². The van der Waals surface area contributed by atoms with E-state index in [2.05, 4.69) is 5.32 Å². The van der Waals surface area contributed by atoms with Crippen LogP contribution in [0.15, 0.2) is 18.2 Å². The summed E-state index contributed by atoms with van der Waals surface area (Å²) < 4.78 is 5.68. The van der Waals surface area contributed by atoms with Crippen LogP contribution in [0, 0.1) is 13.8 Å². The number of carbonyl (C=O) groups excluding carboxylic acids is 1. The summed E-state index contributed by atoms with van der Waals surface area (Å²) >= 11 is 0. The molecule has 0 aliphatic rings. The number of nitrogens with one attached hydrogen (secondary N) is 1. The maximum absolute atomic E-state index is 11.2. The van der Waals surface area contributed by atoms with Crippen molar-refractivity contribution in [3.63, 3.8) is 0 Å². The second-order valence-corrected chi connectivity index (χ2v) is 4.04. The van der Waals surface area contributed by atoms with E-state index in [4.69, 9.17) is 10.5 Å². The van der Waals surface area contributed by atoms with Gasteiger partial charge in [-0.25, -0.2) is 0 Å². The Kier molecular flexibility index (Phi) is 4.97. The molecule has 0 fully saturated rings. The molecule has 1 unspecified atom stereocenters. The number of benzene rings is 1. The number of primary amides is 1. The van der Waals surface area contributed by atoms with Crippen LogP contribution < -0.4 is 15.8 Å². The van der Waals surface area contributed by atoms with E-state index < -0.39 is 11.9 Å². The minimum absolute atomic E-state index is 0.259. The smallest absolute Gasteiger partial charge is 0.238 e. The van der Waals surface area contributed by atoms with Gasteiger partial charge in [0.05, 0.1) is 0 Å². The van der Waals surface area contributed by atoms with E-state index in [9.17, 15) is 4.79 Å². The van der Waals surface area contributed by atoms with Crippen molar-refractivity contribution in [3.05, 3.63) is 29.3 Å². The number of aryl methyl sites for hydroxylation is 2. The first-order valence-corrected chi connectivity index (χ1v) is 5.78. The summed E-state index contributed by atoms with van der Waals surface area (Å²) in [6.45, 7) is 6.83. The first-order valence-electron chi connectivity index (χ1n) is 5.78. The molecule has 17 heavy (non-hydrogen) atoms. The number of amides is 1. The molecule has 1 aromatic carbocycles. The van der Waals surface area contributed by atoms with Crippen LogP contribution in [0.1, 0.15) is 18.1 Å². The summed E-state index contributed by atoms with van der Waals surface area (Å²) in [6.07, 6.45) is 0. The van der Waals surface area contributed by atoms with Gasteiger partial charge in [-0.15, -0.1) is 0 Å². The van der Waals surface area contributed by atoms with Gasteiger partial charge in [0.2, 0.25) is 5.91 Å². The van der Waals surface area contributed by atoms with E-state index in [1.165, 1.54) is 0 Å². The Bertz CT molecular complexity index is 371. The van der Waals surface area contributed by atoms with Gasteiger partial charge in [-0.05, 0) is 31.5 Å². The molecule has 0 aliphatic heterocycles. The van der Waals surface area contributed by atoms with Crippen molar-refractivity contribution in [1.82, 2.24) is 5.32 Å². The minimum Gasteiger partial charge on any atom is -0.491 e. The molecule has 4 heteroatoms. The molecule has 1 aromatic rings. The Morgan fingerprint density at radius 1 is 1.41 bits per heavy atom. The fraction of sp³-hybridized carbons (Fsp3) is 0.462. The lowest BCUT2D eigenvalue weighted by atomic mass is 10.1. The molecule has 0 aromatic heterocycles. The fourth-order valence-corrected chi connectivity index (χ4v) is 1.68. The maximum atomic E-state index is 11.2. The third-order valence-corrected chi connectivity index (χ3v) is 2.60. The number of nitrogens with two attached hydrogens (primary N) is 1. The zero-order valence-corrected chi connectivity index (χ0v) is 10.6. The summed E-state index contributed by atoms with van der Waals surface area (Å²) in [6, 6.07) is 5.50. The third kappa shape index (κ3) is 3.75. The molecular weight excluding hydrogens is 216 g/mol. The van der Waals surface area contributed by atoms with Crippen molar-refractivity contribution in [2.24, 2.45) is 5.73 Å². The van der Waals surface area contributed by atoms with Gasteiger partial charge in [-0.1, -0.05) is 25.1 Å². The molecule has 1 rings (SSSR count). The van der Waals surface area contributed by atoms with Crippen molar-refractivity contribution < 1.29 is 9.53 Å². The van der Waals surface area contributed by atoms with E-state index >= 15 is 0 Å². The lowest BCUT2D eigenvalue weighted by molar-refractivity contribution is -0.120. The summed E-state index contributed by atoms with van der Waals surface area (Å²) in [5, 5.41) is 2.99. The highest BCUT2D eigenvalue weighted by molar-refractivity contribution is 5.80. The van der Waals surface area contributed by atoms with Crippen LogP contribution in [0.4, 0.5) is 0 Å². The molecule has 3 N–H and O–H groups in total. The van der Waals surface area contributed by atoms with Crippen LogP contribution in [0.3, 0.4) is 0 Å². The minimum atomic E-state index is -0.445. The van der Waals surface area contributed by atoms with Crippen LogP contribution in [0.2, 0.25) is 0 Å². The third-order valence-electron chi connectivity index (χ3n) is 2.60. The molecular formula is C13H20N2O2. The van der Waals surface area contributed by atoms with Gasteiger partial charge in [0, 0.05) is 0 Å². The maximum Gasteiger partial charge on any atom is 0.238 e. The number of likely N-dealkylation sites (N-methyl/N-ethyl adjacent to an activating group) is 1. The van der Waals surface area contributed by atoms with Crippen molar-refractivity contribution in [2.75, 3.05) is 13.2 Å². The number of ether oxygens (including phenoxy) is 1. The first kappa shape index (κ1) is 13.5. The van der Waals surface area contributed by atoms with Gasteiger partial charge < -0.3 is 15.8 Å². The Labute approximate surface area is 102 Å². The molecule has 1 amide bonds. The molecule has 94 valence electrons. The first-order chi connectivity index (χ1) is 8.06. The van der Waals surface area contributed by atoms with Gasteiger partial charge in [0.25, 0.3) is 0 Å². The van der Waals surface area contributed by atoms with E-state index in [1.54, 1.807) is 0 Å². The average molecular weight is 236 g/mol. The zero-order chi connectivity index (χ0) is 12.8. The van der Waals surface area contributed by atoms with Gasteiger partial charge in [0.1, 0.15) is 18.4 Å². The molecule has 0 saturated heterocycles. The SMILES string of the molecule is CCNC(COc1c(C)cccc1C)C(N)=O. The predicted octanol–water partition coefficient (Wildman–Crippen LogP) is 1.15. The molecule has 0 saturated carbocycles. The van der Waals surface area contributed by atoms with Crippen LogP contribution in [0.5, 0.6) is 5.75 Å². The number of carbonyl (C=O) groups is 1. The summed E-state index contributed by atoms with van der Waals surface area (Å²) in [4.78, 5) is 11.2.